The van der Waals surface area contributed by atoms with Gasteiger partial charge in [-0.15, -0.1) is 0 Å². The number of hydrogen-bond donors (Lipinski definition) is 1. The quantitative estimate of drug-likeness (QED) is 0.797. The van der Waals surface area contributed by atoms with Crippen molar-refractivity contribution >= 4 is 39.4 Å². The summed E-state index contributed by atoms with van der Waals surface area (Å²) in [6, 6.07) is 2.79. The lowest BCUT2D eigenvalue weighted by Gasteiger charge is -2.14. The Morgan fingerprint density at radius 3 is 2.44 bits per heavy atom. The second kappa shape index (κ2) is 6.45. The highest BCUT2D eigenvalue weighted by Gasteiger charge is 2.16. The van der Waals surface area contributed by atoms with Gasteiger partial charge in [-0.1, -0.05) is 0 Å². The van der Waals surface area contributed by atoms with Crippen molar-refractivity contribution in [2.45, 2.75) is 18.9 Å². The molecule has 0 aromatic carbocycles. The maximum Gasteiger partial charge on any atom is 0.243 e. The highest BCUT2D eigenvalue weighted by molar-refractivity contribution is 6.65. The molecule has 4 nitrogen and oxygen atoms in total. The number of halogens is 2. The van der Waals surface area contributed by atoms with E-state index in [-0.39, 0.29) is 12.8 Å². The molecule has 0 bridgehead atoms. The summed E-state index contributed by atoms with van der Waals surface area (Å²) in [5.41, 5.74) is 0.719. The van der Waals surface area contributed by atoms with Crippen LogP contribution in [0.25, 0.3) is 0 Å². The second-order valence-electron chi connectivity index (χ2n) is 3.13. The van der Waals surface area contributed by atoms with Gasteiger partial charge in [-0.3, -0.25) is 14.6 Å². The molecule has 0 amide bonds. The maximum absolute atomic E-state index is 11.1. The van der Waals surface area contributed by atoms with E-state index in [0.717, 1.165) is 5.69 Å². The van der Waals surface area contributed by atoms with Gasteiger partial charge < -0.3 is 5.32 Å². The van der Waals surface area contributed by atoms with Gasteiger partial charge in [0.05, 0.1) is 0 Å². The summed E-state index contributed by atoms with van der Waals surface area (Å²) in [6.45, 7) is 0. The van der Waals surface area contributed by atoms with Crippen molar-refractivity contribution in [1.29, 1.82) is 0 Å². The molecule has 1 rings (SSSR count). The van der Waals surface area contributed by atoms with Crippen LogP contribution in [-0.2, 0) is 9.59 Å². The summed E-state index contributed by atoms with van der Waals surface area (Å²) in [4.78, 5) is 25.5. The van der Waals surface area contributed by atoms with E-state index >= 15 is 0 Å². The van der Waals surface area contributed by atoms with Crippen LogP contribution in [0.15, 0.2) is 24.5 Å². The molecule has 86 valence electrons. The number of rotatable bonds is 6. The number of nitrogens with zero attached hydrogens (tertiary/aromatic N) is 1. The first-order valence-corrected chi connectivity index (χ1v) is 5.39. The minimum Gasteiger partial charge on any atom is -0.374 e. The number of aromatic nitrogens is 1. The lowest BCUT2D eigenvalue weighted by atomic mass is 10.2. The number of nitrogens with one attached hydrogen (secondary N) is 1. The van der Waals surface area contributed by atoms with E-state index in [1.54, 1.807) is 24.5 Å². The Labute approximate surface area is 103 Å². The van der Waals surface area contributed by atoms with Crippen LogP contribution in [-0.4, -0.2) is 21.5 Å². The van der Waals surface area contributed by atoms with Gasteiger partial charge in [0.15, 0.2) is 0 Å². The van der Waals surface area contributed by atoms with Gasteiger partial charge in [-0.25, -0.2) is 0 Å². The molecular formula is C10H10Cl2N2O2. The SMILES string of the molecule is O=C(Cl)CC[C@H](Nc1ccncc1)C(=O)Cl. The van der Waals surface area contributed by atoms with Crippen molar-refractivity contribution in [3.63, 3.8) is 0 Å². The molecule has 1 aromatic heterocycles. The zero-order chi connectivity index (χ0) is 12.0. The Hall–Kier alpha value is -1.13. The van der Waals surface area contributed by atoms with Gasteiger partial charge in [0, 0.05) is 24.5 Å². The van der Waals surface area contributed by atoms with Gasteiger partial charge >= 0.3 is 0 Å². The van der Waals surface area contributed by atoms with Crippen LogP contribution >= 0.6 is 23.2 Å². The maximum atomic E-state index is 11.1. The number of carbonyl (C=O) groups excluding carboxylic acids is 2. The molecule has 1 N–H and O–H groups in total. The average Bonchev–Trinajstić information content (AvgIpc) is 2.25. The van der Waals surface area contributed by atoms with E-state index in [9.17, 15) is 9.59 Å². The normalized spacial score (nSPS) is 11.9. The van der Waals surface area contributed by atoms with Crippen LogP contribution in [0.4, 0.5) is 5.69 Å². The molecule has 6 heteroatoms. The molecule has 16 heavy (non-hydrogen) atoms. The molecule has 1 atom stereocenters. The first-order valence-electron chi connectivity index (χ1n) is 4.64. The Kier molecular flexibility index (Phi) is 5.22. The fraction of sp³-hybridized carbons (Fsp3) is 0.300. The fourth-order valence-electron chi connectivity index (χ4n) is 1.15. The third kappa shape index (κ3) is 4.59. The number of carbonyl (C=O) groups is 2. The van der Waals surface area contributed by atoms with Crippen LogP contribution < -0.4 is 5.32 Å². The third-order valence-corrected chi connectivity index (χ3v) is 2.38. The topological polar surface area (TPSA) is 59.1 Å². The third-order valence-electron chi connectivity index (χ3n) is 1.92. The van der Waals surface area contributed by atoms with Crippen molar-refractivity contribution in [2.75, 3.05) is 5.32 Å². The van der Waals surface area contributed by atoms with Crippen molar-refractivity contribution in [1.82, 2.24) is 4.98 Å². The summed E-state index contributed by atoms with van der Waals surface area (Å²) in [7, 11) is 0. The second-order valence-corrected chi connectivity index (χ2v) is 3.92. The van der Waals surface area contributed by atoms with Gasteiger partial charge in [0.2, 0.25) is 10.5 Å². The molecule has 1 heterocycles. The highest BCUT2D eigenvalue weighted by atomic mass is 35.5. The summed E-state index contributed by atoms with van der Waals surface area (Å²) in [5, 5.41) is 1.87. The van der Waals surface area contributed by atoms with Crippen molar-refractivity contribution in [2.24, 2.45) is 0 Å². The monoisotopic (exact) mass is 260 g/mol. The summed E-state index contributed by atoms with van der Waals surface area (Å²) in [6.07, 6.45) is 3.55. The lowest BCUT2D eigenvalue weighted by Crippen LogP contribution is -2.26. The number of hydrogen-bond acceptors (Lipinski definition) is 4. The van der Waals surface area contributed by atoms with E-state index in [1.807, 2.05) is 0 Å². The van der Waals surface area contributed by atoms with Gasteiger partial charge in [-0.2, -0.15) is 0 Å². The zero-order valence-electron chi connectivity index (χ0n) is 8.32. The van der Waals surface area contributed by atoms with Gasteiger partial charge in [0.25, 0.3) is 0 Å². The zero-order valence-corrected chi connectivity index (χ0v) is 9.83. The van der Waals surface area contributed by atoms with Gasteiger partial charge in [0.1, 0.15) is 6.04 Å². The van der Waals surface area contributed by atoms with E-state index in [2.05, 4.69) is 10.3 Å². The molecule has 0 fully saturated rings. The minimum atomic E-state index is -0.619. The molecule has 0 aliphatic carbocycles. The Morgan fingerprint density at radius 1 is 1.31 bits per heavy atom. The van der Waals surface area contributed by atoms with Gasteiger partial charge in [-0.05, 0) is 41.8 Å². The van der Waals surface area contributed by atoms with Crippen molar-refractivity contribution in [3.8, 4) is 0 Å². The van der Waals surface area contributed by atoms with E-state index in [0.29, 0.717) is 0 Å². The Morgan fingerprint density at radius 2 is 1.94 bits per heavy atom. The minimum absolute atomic E-state index is 0.1000. The molecule has 1 aromatic rings. The van der Waals surface area contributed by atoms with E-state index in [4.69, 9.17) is 23.2 Å². The van der Waals surface area contributed by atoms with Crippen LogP contribution in [0.2, 0.25) is 0 Å². The summed E-state index contributed by atoms with van der Waals surface area (Å²) >= 11 is 10.6. The lowest BCUT2D eigenvalue weighted by molar-refractivity contribution is -0.113. The first-order chi connectivity index (χ1) is 7.59. The summed E-state index contributed by atoms with van der Waals surface area (Å²) < 4.78 is 0. The number of pyridine rings is 1. The average molecular weight is 261 g/mol. The smallest absolute Gasteiger partial charge is 0.243 e. The van der Waals surface area contributed by atoms with Crippen molar-refractivity contribution < 1.29 is 9.59 Å². The predicted molar refractivity (Wildman–Crippen MR) is 62.6 cm³/mol. The molecular weight excluding hydrogens is 251 g/mol. The van der Waals surface area contributed by atoms with Crippen molar-refractivity contribution in [3.05, 3.63) is 24.5 Å². The first kappa shape index (κ1) is 12.9. The molecule has 0 radical (unpaired) electrons. The van der Waals surface area contributed by atoms with Crippen LogP contribution in [0.5, 0.6) is 0 Å². The molecule has 0 spiro atoms. The molecule has 0 saturated heterocycles. The molecule has 0 aliphatic heterocycles. The van der Waals surface area contributed by atoms with Crippen LogP contribution in [0, 0.1) is 0 Å². The standard InChI is InChI=1S/C10H10Cl2N2O2/c11-9(15)2-1-8(10(12)16)14-7-3-5-13-6-4-7/h3-6,8H,1-2H2,(H,13,14)/t8-/m0/s1. The van der Waals surface area contributed by atoms with Crippen LogP contribution in [0.1, 0.15) is 12.8 Å². The Balaban J connectivity index is 2.58. The predicted octanol–water partition coefficient (Wildman–Crippen LogP) is 2.17. The molecule has 0 unspecified atom stereocenters. The number of anilines is 1. The fourth-order valence-corrected chi connectivity index (χ4v) is 1.42. The largest absolute Gasteiger partial charge is 0.374 e. The Bertz CT molecular complexity index is 370. The van der Waals surface area contributed by atoms with E-state index < -0.39 is 16.5 Å². The van der Waals surface area contributed by atoms with E-state index in [1.165, 1.54) is 0 Å². The highest BCUT2D eigenvalue weighted by Crippen LogP contribution is 2.12. The van der Waals surface area contributed by atoms with Crippen LogP contribution in [0.3, 0.4) is 0 Å². The molecule has 0 aliphatic rings. The molecule has 0 saturated carbocycles. The summed E-state index contributed by atoms with van der Waals surface area (Å²) in [5.74, 6) is 0.